The third kappa shape index (κ3) is 2.56. The number of methoxy groups -OCH3 is 1. The standard InChI is InChI=1S/C15H27NO2/c1-3-10-16-15(11-14(17)18-2,12-6-4-7-12)13-8-5-9-13/h12-13,16H,3-11H2,1-2H3. The summed E-state index contributed by atoms with van der Waals surface area (Å²) >= 11 is 0. The summed E-state index contributed by atoms with van der Waals surface area (Å²) in [6.45, 7) is 3.21. The van der Waals surface area contributed by atoms with Crippen LogP contribution in [0.2, 0.25) is 0 Å². The van der Waals surface area contributed by atoms with E-state index in [9.17, 15) is 4.79 Å². The highest BCUT2D eigenvalue weighted by molar-refractivity contribution is 5.71. The molecule has 0 unspecified atom stereocenters. The summed E-state index contributed by atoms with van der Waals surface area (Å²) in [5.41, 5.74) is 0.0413. The van der Waals surface area contributed by atoms with Gasteiger partial charge in [-0.3, -0.25) is 4.79 Å². The molecule has 2 aliphatic rings. The van der Waals surface area contributed by atoms with Crippen LogP contribution in [0.4, 0.5) is 0 Å². The predicted molar refractivity (Wildman–Crippen MR) is 72.3 cm³/mol. The van der Waals surface area contributed by atoms with Crippen molar-refractivity contribution in [3.8, 4) is 0 Å². The maximum Gasteiger partial charge on any atom is 0.307 e. The number of ether oxygens (including phenoxy) is 1. The molecule has 0 bridgehead atoms. The number of carbonyl (C=O) groups is 1. The smallest absolute Gasteiger partial charge is 0.307 e. The lowest BCUT2D eigenvalue weighted by Gasteiger charge is -2.53. The molecule has 0 heterocycles. The Bertz CT molecular complexity index is 268. The van der Waals surface area contributed by atoms with Crippen molar-refractivity contribution in [3.63, 3.8) is 0 Å². The van der Waals surface area contributed by atoms with Crippen LogP contribution in [0.3, 0.4) is 0 Å². The van der Waals surface area contributed by atoms with Crippen molar-refractivity contribution in [1.82, 2.24) is 5.32 Å². The summed E-state index contributed by atoms with van der Waals surface area (Å²) in [5.74, 6) is 1.33. The van der Waals surface area contributed by atoms with Gasteiger partial charge < -0.3 is 10.1 Å². The summed E-state index contributed by atoms with van der Waals surface area (Å²) in [4.78, 5) is 11.8. The second kappa shape index (κ2) is 6.05. The molecule has 0 aromatic heterocycles. The average Bonchev–Trinajstić information content (AvgIpc) is 2.21. The first-order chi connectivity index (χ1) is 8.73. The highest BCUT2D eigenvalue weighted by Gasteiger charge is 2.50. The van der Waals surface area contributed by atoms with Crippen molar-refractivity contribution >= 4 is 5.97 Å². The Morgan fingerprint density at radius 1 is 1.22 bits per heavy atom. The van der Waals surface area contributed by atoms with Crippen molar-refractivity contribution in [3.05, 3.63) is 0 Å². The lowest BCUT2D eigenvalue weighted by Crippen LogP contribution is -2.61. The maximum absolute atomic E-state index is 11.8. The summed E-state index contributed by atoms with van der Waals surface area (Å²) in [7, 11) is 1.51. The Kier molecular flexibility index (Phi) is 4.66. The van der Waals surface area contributed by atoms with Crippen LogP contribution in [0.1, 0.15) is 58.3 Å². The van der Waals surface area contributed by atoms with Gasteiger partial charge in [-0.05, 0) is 50.5 Å². The van der Waals surface area contributed by atoms with Gasteiger partial charge >= 0.3 is 5.97 Å². The molecule has 0 saturated heterocycles. The Hall–Kier alpha value is -0.570. The number of hydrogen-bond acceptors (Lipinski definition) is 3. The predicted octanol–water partition coefficient (Wildman–Crippen LogP) is 2.89. The summed E-state index contributed by atoms with van der Waals surface area (Å²) < 4.78 is 4.94. The Balaban J connectivity index is 2.11. The molecule has 0 radical (unpaired) electrons. The topological polar surface area (TPSA) is 38.3 Å². The number of carbonyl (C=O) groups excluding carboxylic acids is 1. The minimum Gasteiger partial charge on any atom is -0.469 e. The molecule has 2 aliphatic carbocycles. The van der Waals surface area contributed by atoms with Crippen LogP contribution in [0.5, 0.6) is 0 Å². The van der Waals surface area contributed by atoms with E-state index in [1.165, 1.54) is 45.6 Å². The first kappa shape index (κ1) is 13.9. The monoisotopic (exact) mass is 253 g/mol. The molecule has 0 atom stereocenters. The zero-order valence-electron chi connectivity index (χ0n) is 11.8. The Labute approximate surface area is 111 Å². The Morgan fingerprint density at radius 3 is 2.11 bits per heavy atom. The van der Waals surface area contributed by atoms with Gasteiger partial charge in [-0.25, -0.2) is 0 Å². The van der Waals surface area contributed by atoms with E-state index in [2.05, 4.69) is 12.2 Å². The molecule has 3 nitrogen and oxygen atoms in total. The van der Waals surface area contributed by atoms with E-state index in [0.717, 1.165) is 13.0 Å². The highest BCUT2D eigenvalue weighted by Crippen LogP contribution is 2.49. The van der Waals surface area contributed by atoms with E-state index in [0.29, 0.717) is 18.3 Å². The van der Waals surface area contributed by atoms with Gasteiger partial charge in [0, 0.05) is 5.54 Å². The summed E-state index contributed by atoms with van der Waals surface area (Å²) in [5, 5.41) is 3.75. The van der Waals surface area contributed by atoms with Crippen molar-refractivity contribution in [1.29, 1.82) is 0 Å². The molecule has 2 rings (SSSR count). The fraction of sp³-hybridized carbons (Fsp3) is 0.933. The van der Waals surface area contributed by atoms with Gasteiger partial charge in [-0.1, -0.05) is 19.8 Å². The zero-order chi connectivity index (χ0) is 13.0. The quantitative estimate of drug-likeness (QED) is 0.709. The van der Waals surface area contributed by atoms with Crippen molar-refractivity contribution in [2.75, 3.05) is 13.7 Å². The molecule has 104 valence electrons. The lowest BCUT2D eigenvalue weighted by atomic mass is 9.58. The number of nitrogens with one attached hydrogen (secondary N) is 1. The molecule has 2 saturated carbocycles. The highest BCUT2D eigenvalue weighted by atomic mass is 16.5. The van der Waals surface area contributed by atoms with Gasteiger partial charge in [0.15, 0.2) is 0 Å². The van der Waals surface area contributed by atoms with Crippen molar-refractivity contribution < 1.29 is 9.53 Å². The van der Waals surface area contributed by atoms with Crippen LogP contribution in [0, 0.1) is 11.8 Å². The molecule has 1 N–H and O–H groups in total. The van der Waals surface area contributed by atoms with Crippen LogP contribution < -0.4 is 5.32 Å². The van der Waals surface area contributed by atoms with E-state index in [4.69, 9.17) is 4.74 Å². The third-order valence-electron chi connectivity index (χ3n) is 5.04. The molecular weight excluding hydrogens is 226 g/mol. The van der Waals surface area contributed by atoms with Gasteiger partial charge in [-0.15, -0.1) is 0 Å². The van der Waals surface area contributed by atoms with E-state index in [1.807, 2.05) is 0 Å². The van der Waals surface area contributed by atoms with Crippen LogP contribution >= 0.6 is 0 Å². The molecule has 2 fully saturated rings. The SMILES string of the molecule is CCCNC(CC(=O)OC)(C1CCC1)C1CCC1. The van der Waals surface area contributed by atoms with Crippen LogP contribution in [0.15, 0.2) is 0 Å². The van der Waals surface area contributed by atoms with E-state index in [1.54, 1.807) is 0 Å². The van der Waals surface area contributed by atoms with Crippen LogP contribution in [-0.4, -0.2) is 25.2 Å². The lowest BCUT2D eigenvalue weighted by molar-refractivity contribution is -0.145. The number of hydrogen-bond donors (Lipinski definition) is 1. The first-order valence-electron chi connectivity index (χ1n) is 7.54. The van der Waals surface area contributed by atoms with Crippen LogP contribution in [0.25, 0.3) is 0 Å². The van der Waals surface area contributed by atoms with E-state index >= 15 is 0 Å². The van der Waals surface area contributed by atoms with Crippen LogP contribution in [-0.2, 0) is 9.53 Å². The molecular formula is C15H27NO2. The fourth-order valence-corrected chi connectivity index (χ4v) is 3.49. The van der Waals surface area contributed by atoms with Gasteiger partial charge in [-0.2, -0.15) is 0 Å². The molecule has 0 spiro atoms. The van der Waals surface area contributed by atoms with Gasteiger partial charge in [0.1, 0.15) is 0 Å². The second-order valence-electron chi connectivity index (χ2n) is 5.98. The molecule has 0 aromatic carbocycles. The van der Waals surface area contributed by atoms with E-state index < -0.39 is 0 Å². The molecule has 3 heteroatoms. The second-order valence-corrected chi connectivity index (χ2v) is 5.98. The Morgan fingerprint density at radius 2 is 1.78 bits per heavy atom. The first-order valence-corrected chi connectivity index (χ1v) is 7.54. The number of esters is 1. The third-order valence-corrected chi connectivity index (χ3v) is 5.04. The molecule has 0 aliphatic heterocycles. The molecule has 0 amide bonds. The van der Waals surface area contributed by atoms with E-state index in [-0.39, 0.29) is 11.5 Å². The van der Waals surface area contributed by atoms with Gasteiger partial charge in [0.2, 0.25) is 0 Å². The van der Waals surface area contributed by atoms with Gasteiger partial charge in [0.25, 0.3) is 0 Å². The molecule has 18 heavy (non-hydrogen) atoms. The molecule has 0 aromatic rings. The fourth-order valence-electron chi connectivity index (χ4n) is 3.49. The minimum absolute atomic E-state index is 0.0413. The number of rotatable bonds is 7. The minimum atomic E-state index is -0.0441. The largest absolute Gasteiger partial charge is 0.469 e. The summed E-state index contributed by atoms with van der Waals surface area (Å²) in [6.07, 6.45) is 9.48. The van der Waals surface area contributed by atoms with Crippen molar-refractivity contribution in [2.45, 2.75) is 63.8 Å². The van der Waals surface area contributed by atoms with Gasteiger partial charge in [0.05, 0.1) is 13.5 Å². The summed E-state index contributed by atoms with van der Waals surface area (Å²) in [6, 6.07) is 0. The van der Waals surface area contributed by atoms with Crippen molar-refractivity contribution in [2.24, 2.45) is 11.8 Å². The normalized spacial score (nSPS) is 21.2. The average molecular weight is 253 g/mol. The zero-order valence-corrected chi connectivity index (χ0v) is 11.8. The maximum atomic E-state index is 11.8.